The maximum Gasteiger partial charge on any atom is 0.167 e. The van der Waals surface area contributed by atoms with E-state index < -0.39 is 0 Å². The maximum absolute atomic E-state index is 12.4. The van der Waals surface area contributed by atoms with Gasteiger partial charge in [0.1, 0.15) is 0 Å². The molecule has 0 aliphatic heterocycles. The molecule has 1 nitrogen and oxygen atoms in total. The smallest absolute Gasteiger partial charge is 0.167 e. The quantitative estimate of drug-likeness (QED) is 0.665. The van der Waals surface area contributed by atoms with Crippen LogP contribution in [0.4, 0.5) is 0 Å². The van der Waals surface area contributed by atoms with Crippen molar-refractivity contribution in [3.8, 4) is 0 Å². The number of halogens is 2. The lowest BCUT2D eigenvalue weighted by Crippen LogP contribution is -2.26. The van der Waals surface area contributed by atoms with Crippen molar-refractivity contribution in [1.82, 2.24) is 0 Å². The molecule has 0 aromatic heterocycles. The molecule has 1 aliphatic carbocycles. The Morgan fingerprint density at radius 3 is 2.44 bits per heavy atom. The van der Waals surface area contributed by atoms with E-state index in [0.29, 0.717) is 21.0 Å². The monoisotopic (exact) mass is 284 g/mol. The molecule has 18 heavy (non-hydrogen) atoms. The average Bonchev–Trinajstić information content (AvgIpc) is 2.32. The van der Waals surface area contributed by atoms with Gasteiger partial charge in [0.05, 0.1) is 10.0 Å². The third-order valence-electron chi connectivity index (χ3n) is 3.93. The number of hydrogen-bond acceptors (Lipinski definition) is 1. The van der Waals surface area contributed by atoms with Gasteiger partial charge in [0.2, 0.25) is 0 Å². The second-order valence-corrected chi connectivity index (χ2v) is 6.69. The first-order valence-electron chi connectivity index (χ1n) is 6.39. The first-order chi connectivity index (χ1) is 8.41. The minimum atomic E-state index is 0.106. The summed E-state index contributed by atoms with van der Waals surface area (Å²) in [6, 6.07) is 5.27. The van der Waals surface area contributed by atoms with Gasteiger partial charge in [-0.15, -0.1) is 0 Å². The molecule has 1 saturated carbocycles. The van der Waals surface area contributed by atoms with Crippen LogP contribution in [0, 0.1) is 11.3 Å². The second-order valence-electron chi connectivity index (χ2n) is 5.90. The number of Topliss-reactive ketones (excluding diaryl/α,β-unsaturated/α-hetero) is 1. The zero-order valence-corrected chi connectivity index (χ0v) is 12.3. The number of ketones is 1. The van der Waals surface area contributed by atoms with Crippen molar-refractivity contribution in [1.29, 1.82) is 0 Å². The van der Waals surface area contributed by atoms with Crippen molar-refractivity contribution < 1.29 is 4.79 Å². The molecule has 0 amide bonds. The van der Waals surface area contributed by atoms with Crippen LogP contribution in [0.5, 0.6) is 0 Å². The van der Waals surface area contributed by atoms with Crippen LogP contribution in [-0.2, 0) is 0 Å². The van der Waals surface area contributed by atoms with Gasteiger partial charge < -0.3 is 0 Å². The Hall–Kier alpha value is -0.530. The first kappa shape index (κ1) is 13.9. The molecule has 0 bridgehead atoms. The number of carbonyl (C=O) groups excluding carboxylic acids is 1. The Labute approximate surface area is 118 Å². The Kier molecular flexibility index (Phi) is 4.03. The molecule has 1 aliphatic rings. The predicted octanol–water partition coefficient (Wildman–Crippen LogP) is 5.39. The van der Waals surface area contributed by atoms with Crippen LogP contribution in [0.15, 0.2) is 18.2 Å². The summed E-state index contributed by atoms with van der Waals surface area (Å²) in [6.45, 7) is 4.53. The molecule has 0 atom stereocenters. The highest BCUT2D eigenvalue weighted by atomic mass is 35.5. The molecular formula is C15H18Cl2O. The van der Waals surface area contributed by atoms with Gasteiger partial charge >= 0.3 is 0 Å². The van der Waals surface area contributed by atoms with E-state index in [9.17, 15) is 4.79 Å². The first-order valence-corrected chi connectivity index (χ1v) is 7.14. The fraction of sp³-hybridized carbons (Fsp3) is 0.533. The van der Waals surface area contributed by atoms with Gasteiger partial charge in [0.25, 0.3) is 0 Å². The summed E-state index contributed by atoms with van der Waals surface area (Å²) in [5.74, 6) is 0.256. The van der Waals surface area contributed by atoms with E-state index in [2.05, 4.69) is 13.8 Å². The molecule has 0 spiro atoms. The number of hydrogen-bond donors (Lipinski definition) is 0. The Morgan fingerprint density at radius 1 is 1.22 bits per heavy atom. The lowest BCUT2D eigenvalue weighted by molar-refractivity contribution is 0.0838. The lowest BCUT2D eigenvalue weighted by atomic mass is 9.71. The molecule has 0 unspecified atom stereocenters. The zero-order valence-electron chi connectivity index (χ0n) is 10.8. The van der Waals surface area contributed by atoms with E-state index in [-0.39, 0.29) is 11.7 Å². The molecule has 1 aromatic rings. The van der Waals surface area contributed by atoms with Crippen molar-refractivity contribution in [3.63, 3.8) is 0 Å². The fourth-order valence-corrected chi connectivity index (χ4v) is 2.97. The number of benzene rings is 1. The Bertz CT molecular complexity index is 456. The molecule has 98 valence electrons. The van der Waals surface area contributed by atoms with Crippen LogP contribution >= 0.6 is 23.2 Å². The largest absolute Gasteiger partial charge is 0.294 e. The maximum atomic E-state index is 12.4. The van der Waals surface area contributed by atoms with Gasteiger partial charge in [-0.25, -0.2) is 0 Å². The second kappa shape index (κ2) is 5.22. The van der Waals surface area contributed by atoms with E-state index in [1.54, 1.807) is 18.2 Å². The van der Waals surface area contributed by atoms with E-state index in [1.165, 1.54) is 0 Å². The molecule has 0 N–H and O–H groups in total. The SMILES string of the molecule is CC1(C)CCC(C(=O)c2cccc(Cl)c2Cl)CC1. The molecule has 3 heteroatoms. The molecule has 1 fully saturated rings. The standard InChI is InChI=1S/C15H18Cl2O/c1-15(2)8-6-10(7-9-15)14(18)11-4-3-5-12(16)13(11)17/h3-5,10H,6-9H2,1-2H3. The summed E-state index contributed by atoms with van der Waals surface area (Å²) in [5.41, 5.74) is 0.948. The molecule has 0 saturated heterocycles. The summed E-state index contributed by atoms with van der Waals surface area (Å²) < 4.78 is 0. The van der Waals surface area contributed by atoms with Crippen LogP contribution < -0.4 is 0 Å². The van der Waals surface area contributed by atoms with Crippen LogP contribution in [0.25, 0.3) is 0 Å². The van der Waals surface area contributed by atoms with Gasteiger partial charge in [0, 0.05) is 11.5 Å². The lowest BCUT2D eigenvalue weighted by Gasteiger charge is -2.33. The van der Waals surface area contributed by atoms with E-state index in [0.717, 1.165) is 25.7 Å². The molecule has 2 rings (SSSR count). The third kappa shape index (κ3) is 2.89. The van der Waals surface area contributed by atoms with Crippen molar-refractivity contribution in [2.45, 2.75) is 39.5 Å². The van der Waals surface area contributed by atoms with Gasteiger partial charge in [-0.2, -0.15) is 0 Å². The van der Waals surface area contributed by atoms with Crippen molar-refractivity contribution >= 4 is 29.0 Å². The summed E-state index contributed by atoms with van der Waals surface area (Å²) in [7, 11) is 0. The number of rotatable bonds is 2. The van der Waals surface area contributed by atoms with Gasteiger partial charge in [-0.05, 0) is 43.2 Å². The van der Waals surface area contributed by atoms with Crippen LogP contribution in [0.1, 0.15) is 49.9 Å². The molecular weight excluding hydrogens is 267 g/mol. The molecule has 0 heterocycles. The topological polar surface area (TPSA) is 17.1 Å². The van der Waals surface area contributed by atoms with Gasteiger partial charge in [-0.1, -0.05) is 43.1 Å². The van der Waals surface area contributed by atoms with E-state index in [1.807, 2.05) is 0 Å². The Morgan fingerprint density at radius 2 is 1.83 bits per heavy atom. The van der Waals surface area contributed by atoms with E-state index in [4.69, 9.17) is 23.2 Å². The van der Waals surface area contributed by atoms with Crippen molar-refractivity contribution in [3.05, 3.63) is 33.8 Å². The predicted molar refractivity (Wildman–Crippen MR) is 76.5 cm³/mol. The Balaban J connectivity index is 2.15. The fourth-order valence-electron chi connectivity index (χ4n) is 2.58. The number of carbonyl (C=O) groups is 1. The van der Waals surface area contributed by atoms with Crippen molar-refractivity contribution in [2.24, 2.45) is 11.3 Å². The van der Waals surface area contributed by atoms with E-state index >= 15 is 0 Å². The minimum Gasteiger partial charge on any atom is -0.294 e. The minimum absolute atomic E-state index is 0.106. The molecule has 0 radical (unpaired) electrons. The summed E-state index contributed by atoms with van der Waals surface area (Å²) in [5, 5.41) is 0.854. The summed E-state index contributed by atoms with van der Waals surface area (Å²) in [6.07, 6.45) is 4.10. The third-order valence-corrected chi connectivity index (χ3v) is 4.75. The van der Waals surface area contributed by atoms with Gasteiger partial charge in [0.15, 0.2) is 5.78 Å². The van der Waals surface area contributed by atoms with Crippen LogP contribution in [0.2, 0.25) is 10.0 Å². The normalized spacial score (nSPS) is 19.8. The highest BCUT2D eigenvalue weighted by molar-refractivity contribution is 6.43. The summed E-state index contributed by atoms with van der Waals surface area (Å²) >= 11 is 12.1. The average molecular weight is 285 g/mol. The van der Waals surface area contributed by atoms with Crippen LogP contribution in [-0.4, -0.2) is 5.78 Å². The van der Waals surface area contributed by atoms with Gasteiger partial charge in [-0.3, -0.25) is 4.79 Å². The summed E-state index contributed by atoms with van der Waals surface area (Å²) in [4.78, 5) is 12.4. The molecule has 1 aromatic carbocycles. The zero-order chi connectivity index (χ0) is 13.3. The van der Waals surface area contributed by atoms with Crippen molar-refractivity contribution in [2.75, 3.05) is 0 Å². The van der Waals surface area contributed by atoms with Crippen LogP contribution in [0.3, 0.4) is 0 Å². The highest BCUT2D eigenvalue weighted by Crippen LogP contribution is 2.40. The highest BCUT2D eigenvalue weighted by Gasteiger charge is 2.31.